The Hall–Kier alpha value is -2.05. The molecule has 1 atom stereocenters. The summed E-state index contributed by atoms with van der Waals surface area (Å²) in [5.74, 6) is 0. The van der Waals surface area contributed by atoms with Gasteiger partial charge in [-0.3, -0.25) is 0 Å². The molecule has 1 aliphatic heterocycles. The van der Waals surface area contributed by atoms with E-state index in [0.717, 1.165) is 17.5 Å². The molecular weight excluding hydrogens is 258 g/mol. The van der Waals surface area contributed by atoms with Crippen LogP contribution in [0.1, 0.15) is 18.4 Å². The fraction of sp³-hybridized carbons (Fsp3) is 0.389. The molecular formula is C18H21N3. The van der Waals surface area contributed by atoms with Crippen molar-refractivity contribution in [3.8, 4) is 6.07 Å². The number of likely N-dealkylation sites (N-methyl/N-ethyl adjacent to an activating group) is 2. The third-order valence-electron chi connectivity index (χ3n) is 4.59. The third-order valence-corrected chi connectivity index (χ3v) is 4.59. The van der Waals surface area contributed by atoms with Gasteiger partial charge in [-0.1, -0.05) is 24.3 Å². The minimum atomic E-state index is 0.629. The van der Waals surface area contributed by atoms with Gasteiger partial charge in [0.25, 0.3) is 0 Å². The number of likely N-dealkylation sites (tertiary alicyclic amines) is 1. The van der Waals surface area contributed by atoms with Gasteiger partial charge >= 0.3 is 0 Å². The van der Waals surface area contributed by atoms with E-state index in [1.807, 2.05) is 24.3 Å². The van der Waals surface area contributed by atoms with Crippen molar-refractivity contribution in [2.45, 2.75) is 18.9 Å². The second kappa shape index (κ2) is 5.75. The Balaban J connectivity index is 1.95. The Bertz CT molecular complexity index is 686. The van der Waals surface area contributed by atoms with E-state index in [1.165, 1.54) is 30.5 Å². The summed E-state index contributed by atoms with van der Waals surface area (Å²) in [6, 6.07) is 15.1. The van der Waals surface area contributed by atoms with Crippen LogP contribution in [0.4, 0.5) is 5.69 Å². The number of rotatable bonds is 3. The normalized spacial score (nSPS) is 18.8. The number of nitriles is 1. The molecule has 0 spiro atoms. The highest BCUT2D eigenvalue weighted by atomic mass is 15.2. The minimum Gasteiger partial charge on any atom is -0.373 e. The first-order valence-electron chi connectivity index (χ1n) is 7.54. The Morgan fingerprint density at radius 3 is 2.67 bits per heavy atom. The quantitative estimate of drug-likeness (QED) is 0.864. The van der Waals surface area contributed by atoms with Crippen LogP contribution in [-0.4, -0.2) is 38.1 Å². The van der Waals surface area contributed by atoms with Crippen molar-refractivity contribution in [1.29, 1.82) is 5.26 Å². The second-order valence-corrected chi connectivity index (χ2v) is 5.95. The Kier molecular flexibility index (Phi) is 3.81. The summed E-state index contributed by atoms with van der Waals surface area (Å²) in [5, 5.41) is 11.5. The van der Waals surface area contributed by atoms with Gasteiger partial charge in [-0.15, -0.1) is 0 Å². The van der Waals surface area contributed by atoms with Gasteiger partial charge in [0, 0.05) is 36.1 Å². The first kappa shape index (κ1) is 13.9. The van der Waals surface area contributed by atoms with Gasteiger partial charge in [0.1, 0.15) is 0 Å². The maximum atomic E-state index is 9.26. The molecule has 0 aromatic heterocycles. The van der Waals surface area contributed by atoms with E-state index in [-0.39, 0.29) is 0 Å². The van der Waals surface area contributed by atoms with Gasteiger partial charge in [0.15, 0.2) is 0 Å². The maximum Gasteiger partial charge on any atom is 0.0998 e. The van der Waals surface area contributed by atoms with Crippen LogP contribution in [0.2, 0.25) is 0 Å². The monoisotopic (exact) mass is 279 g/mol. The van der Waals surface area contributed by atoms with Crippen molar-refractivity contribution in [2.75, 3.05) is 32.1 Å². The molecule has 0 amide bonds. The molecule has 2 aromatic rings. The minimum absolute atomic E-state index is 0.629. The SMILES string of the molecule is CN(CC1CCCN1C)c1ccc(C#N)c2ccccc12. The molecule has 1 heterocycles. The van der Waals surface area contributed by atoms with Gasteiger partial charge in [0.05, 0.1) is 11.6 Å². The van der Waals surface area contributed by atoms with E-state index in [4.69, 9.17) is 0 Å². The van der Waals surface area contributed by atoms with Gasteiger partial charge in [-0.05, 0) is 38.6 Å². The van der Waals surface area contributed by atoms with Crippen LogP contribution in [0.25, 0.3) is 10.8 Å². The number of benzene rings is 2. The van der Waals surface area contributed by atoms with Crippen LogP contribution in [0, 0.1) is 11.3 Å². The number of anilines is 1. The molecule has 3 nitrogen and oxygen atoms in total. The molecule has 2 aromatic carbocycles. The summed E-state index contributed by atoms with van der Waals surface area (Å²) in [6.07, 6.45) is 2.57. The summed E-state index contributed by atoms with van der Waals surface area (Å²) in [5.41, 5.74) is 1.96. The van der Waals surface area contributed by atoms with E-state index in [2.05, 4.69) is 42.1 Å². The molecule has 0 aliphatic carbocycles. The summed E-state index contributed by atoms with van der Waals surface area (Å²) < 4.78 is 0. The molecule has 108 valence electrons. The van der Waals surface area contributed by atoms with Crippen LogP contribution in [0.15, 0.2) is 36.4 Å². The molecule has 3 rings (SSSR count). The topological polar surface area (TPSA) is 30.3 Å². The number of nitrogens with zero attached hydrogens (tertiary/aromatic N) is 3. The van der Waals surface area contributed by atoms with Gasteiger partial charge < -0.3 is 9.80 Å². The molecule has 0 bridgehead atoms. The van der Waals surface area contributed by atoms with Crippen molar-refractivity contribution in [3.63, 3.8) is 0 Å². The second-order valence-electron chi connectivity index (χ2n) is 5.95. The summed E-state index contributed by atoms with van der Waals surface area (Å²) >= 11 is 0. The zero-order valence-electron chi connectivity index (χ0n) is 12.7. The molecule has 1 saturated heterocycles. The van der Waals surface area contributed by atoms with Crippen molar-refractivity contribution >= 4 is 16.5 Å². The molecule has 1 unspecified atom stereocenters. The van der Waals surface area contributed by atoms with Crippen LogP contribution >= 0.6 is 0 Å². The number of hydrogen-bond donors (Lipinski definition) is 0. The van der Waals surface area contributed by atoms with Crippen LogP contribution in [-0.2, 0) is 0 Å². The lowest BCUT2D eigenvalue weighted by Crippen LogP contribution is -2.36. The van der Waals surface area contributed by atoms with Gasteiger partial charge in [-0.25, -0.2) is 0 Å². The first-order chi connectivity index (χ1) is 10.2. The molecule has 0 saturated carbocycles. The predicted molar refractivity (Wildman–Crippen MR) is 87.6 cm³/mol. The molecule has 21 heavy (non-hydrogen) atoms. The maximum absolute atomic E-state index is 9.26. The Morgan fingerprint density at radius 1 is 1.24 bits per heavy atom. The van der Waals surface area contributed by atoms with Crippen LogP contribution in [0.3, 0.4) is 0 Å². The fourth-order valence-corrected chi connectivity index (χ4v) is 3.34. The highest BCUT2D eigenvalue weighted by Gasteiger charge is 2.22. The van der Waals surface area contributed by atoms with Crippen molar-refractivity contribution < 1.29 is 0 Å². The van der Waals surface area contributed by atoms with E-state index in [0.29, 0.717) is 6.04 Å². The lowest BCUT2D eigenvalue weighted by molar-refractivity contribution is 0.314. The average Bonchev–Trinajstić information content (AvgIpc) is 2.91. The van der Waals surface area contributed by atoms with E-state index >= 15 is 0 Å². The molecule has 0 N–H and O–H groups in total. The van der Waals surface area contributed by atoms with Crippen LogP contribution < -0.4 is 4.90 Å². The van der Waals surface area contributed by atoms with Crippen molar-refractivity contribution in [3.05, 3.63) is 42.0 Å². The zero-order valence-corrected chi connectivity index (χ0v) is 12.7. The fourth-order valence-electron chi connectivity index (χ4n) is 3.34. The van der Waals surface area contributed by atoms with Crippen LogP contribution in [0.5, 0.6) is 0 Å². The first-order valence-corrected chi connectivity index (χ1v) is 7.54. The molecule has 1 fully saturated rings. The van der Waals surface area contributed by atoms with Gasteiger partial charge in [-0.2, -0.15) is 5.26 Å². The standard InChI is InChI=1S/C18H21N3/c1-20-11-5-6-15(20)13-21(2)18-10-9-14(12-19)16-7-3-4-8-17(16)18/h3-4,7-10,15H,5-6,11,13H2,1-2H3. The van der Waals surface area contributed by atoms with Crippen molar-refractivity contribution in [2.24, 2.45) is 0 Å². The Morgan fingerprint density at radius 2 is 2.00 bits per heavy atom. The highest BCUT2D eigenvalue weighted by molar-refractivity contribution is 5.97. The van der Waals surface area contributed by atoms with Crippen molar-refractivity contribution in [1.82, 2.24) is 4.90 Å². The lowest BCUT2D eigenvalue weighted by atomic mass is 10.0. The lowest BCUT2D eigenvalue weighted by Gasteiger charge is -2.28. The number of hydrogen-bond acceptors (Lipinski definition) is 3. The highest BCUT2D eigenvalue weighted by Crippen LogP contribution is 2.29. The number of fused-ring (bicyclic) bond motifs is 1. The van der Waals surface area contributed by atoms with E-state index < -0.39 is 0 Å². The summed E-state index contributed by atoms with van der Waals surface area (Å²) in [4.78, 5) is 4.78. The average molecular weight is 279 g/mol. The van der Waals surface area contributed by atoms with E-state index in [9.17, 15) is 5.26 Å². The molecule has 1 aliphatic rings. The Labute approximate surface area is 126 Å². The summed E-state index contributed by atoms with van der Waals surface area (Å²) in [7, 11) is 4.36. The molecule has 0 radical (unpaired) electrons. The third kappa shape index (κ3) is 2.59. The zero-order chi connectivity index (χ0) is 14.8. The predicted octanol–water partition coefficient (Wildman–Crippen LogP) is 3.24. The largest absolute Gasteiger partial charge is 0.373 e. The summed E-state index contributed by atoms with van der Waals surface area (Å²) in [6.45, 7) is 2.24. The van der Waals surface area contributed by atoms with E-state index in [1.54, 1.807) is 0 Å². The van der Waals surface area contributed by atoms with Gasteiger partial charge in [0.2, 0.25) is 0 Å². The molecule has 3 heteroatoms. The smallest absolute Gasteiger partial charge is 0.0998 e.